The van der Waals surface area contributed by atoms with Gasteiger partial charge in [-0.05, 0) is 31.4 Å². The van der Waals surface area contributed by atoms with Gasteiger partial charge in [0.05, 0.1) is 0 Å². The van der Waals surface area contributed by atoms with Gasteiger partial charge < -0.3 is 14.6 Å². The number of benzene rings is 1. The van der Waals surface area contributed by atoms with Crippen LogP contribution in [0.5, 0.6) is 0 Å². The molecule has 0 aliphatic heterocycles. The first-order valence-corrected chi connectivity index (χ1v) is 8.41. The molecule has 1 rings (SSSR count). The lowest BCUT2D eigenvalue weighted by molar-refractivity contribution is 0.235. The Morgan fingerprint density at radius 2 is 1.76 bits per heavy atom. The van der Waals surface area contributed by atoms with E-state index in [0.717, 1.165) is 19.3 Å². The van der Waals surface area contributed by atoms with Gasteiger partial charge in [0.15, 0.2) is 0 Å². The van der Waals surface area contributed by atoms with Crippen LogP contribution < -0.4 is 5.73 Å². The van der Waals surface area contributed by atoms with Crippen molar-refractivity contribution >= 4 is 8.56 Å². The third kappa shape index (κ3) is 4.24. The van der Waals surface area contributed by atoms with E-state index in [-0.39, 0.29) is 5.67 Å². The lowest BCUT2D eigenvalue weighted by Crippen LogP contribution is -2.54. The highest BCUT2D eigenvalue weighted by molar-refractivity contribution is 6.67. The molecule has 0 bridgehead atoms. The van der Waals surface area contributed by atoms with Crippen LogP contribution >= 0.6 is 0 Å². The molecule has 1 atom stereocenters. The predicted molar refractivity (Wildman–Crippen MR) is 73.0 cm³/mol. The van der Waals surface area contributed by atoms with Crippen molar-refractivity contribution in [1.82, 2.24) is 0 Å². The average molecular weight is 253 g/mol. The molecule has 0 aliphatic rings. The normalized spacial score (nSPS) is 13.6. The van der Waals surface area contributed by atoms with Crippen molar-refractivity contribution in [2.45, 2.75) is 31.5 Å². The fraction of sp³-hybridized carbons (Fsp3) is 0.538. The smallest absolute Gasteiger partial charge is 0.351 e. The van der Waals surface area contributed by atoms with Crippen LogP contribution in [0.3, 0.4) is 0 Å². The minimum absolute atomic E-state index is 0.0289. The van der Waals surface area contributed by atoms with Crippen LogP contribution in [0.25, 0.3) is 0 Å². The number of aryl methyl sites for hydroxylation is 1. The van der Waals surface area contributed by atoms with Gasteiger partial charge in [-0.25, -0.2) is 0 Å². The quantitative estimate of drug-likeness (QED) is 0.758. The summed E-state index contributed by atoms with van der Waals surface area (Å²) in [5, 5.41) is 0. The molecule has 2 N–H and O–H groups in total. The maximum Gasteiger partial charge on any atom is 0.351 e. The predicted octanol–water partition coefficient (Wildman–Crippen LogP) is 2.24. The molecule has 0 radical (unpaired) electrons. The van der Waals surface area contributed by atoms with Gasteiger partial charge in [0.1, 0.15) is 0 Å². The van der Waals surface area contributed by atoms with Crippen molar-refractivity contribution in [1.29, 1.82) is 0 Å². The Morgan fingerprint density at radius 1 is 1.18 bits per heavy atom. The van der Waals surface area contributed by atoms with Crippen LogP contribution in [0.4, 0.5) is 0 Å². The summed E-state index contributed by atoms with van der Waals surface area (Å²) in [7, 11) is 1.21. The molecule has 1 aromatic rings. The Hall–Kier alpha value is -0.683. The van der Waals surface area contributed by atoms with Gasteiger partial charge in [0, 0.05) is 19.9 Å². The van der Waals surface area contributed by atoms with Crippen molar-refractivity contribution in [3.8, 4) is 0 Å². The van der Waals surface area contributed by atoms with Gasteiger partial charge in [-0.15, -0.1) is 0 Å². The third-order valence-electron chi connectivity index (χ3n) is 3.31. The molecule has 0 spiro atoms. The fourth-order valence-corrected chi connectivity index (χ4v) is 3.32. The second-order valence-electron chi connectivity index (χ2n) is 4.41. The van der Waals surface area contributed by atoms with Crippen molar-refractivity contribution in [2.75, 3.05) is 14.2 Å². The average Bonchev–Trinajstić information content (AvgIpc) is 2.39. The van der Waals surface area contributed by atoms with E-state index >= 15 is 0 Å². The first-order chi connectivity index (χ1) is 8.12. The lowest BCUT2D eigenvalue weighted by Gasteiger charge is -2.29. The topological polar surface area (TPSA) is 44.5 Å². The van der Waals surface area contributed by atoms with Gasteiger partial charge in [-0.1, -0.05) is 30.3 Å². The van der Waals surface area contributed by atoms with Crippen molar-refractivity contribution in [2.24, 2.45) is 5.73 Å². The molecular formula is C13H23NO2Si. The Bertz CT molecular complexity index is 314. The zero-order chi connectivity index (χ0) is 12.7. The maximum atomic E-state index is 6.15. The molecule has 17 heavy (non-hydrogen) atoms. The zero-order valence-electron chi connectivity index (χ0n) is 11.0. The molecule has 0 aliphatic carbocycles. The van der Waals surface area contributed by atoms with Crippen LogP contribution in [0.2, 0.25) is 6.55 Å². The molecule has 0 amide bonds. The first kappa shape index (κ1) is 14.4. The van der Waals surface area contributed by atoms with Gasteiger partial charge in [0.25, 0.3) is 0 Å². The van der Waals surface area contributed by atoms with E-state index in [1.807, 2.05) is 12.6 Å². The van der Waals surface area contributed by atoms with Gasteiger partial charge in [-0.3, -0.25) is 0 Å². The number of hydrogen-bond donors (Lipinski definition) is 1. The molecule has 1 unspecified atom stereocenters. The summed E-state index contributed by atoms with van der Waals surface area (Å²) in [6.45, 7) is 2.01. The third-order valence-corrected chi connectivity index (χ3v) is 6.56. The van der Waals surface area contributed by atoms with Gasteiger partial charge in [0.2, 0.25) is 0 Å². The SMILES string of the molecule is CO[Si](C)(OC)C(N)CCCc1ccccc1. The first-order valence-electron chi connectivity index (χ1n) is 6.02. The van der Waals surface area contributed by atoms with E-state index in [4.69, 9.17) is 14.6 Å². The number of nitrogens with two attached hydrogens (primary N) is 1. The van der Waals surface area contributed by atoms with Crippen LogP contribution in [-0.4, -0.2) is 28.4 Å². The van der Waals surface area contributed by atoms with E-state index in [1.165, 1.54) is 5.56 Å². The van der Waals surface area contributed by atoms with Crippen LogP contribution in [0.1, 0.15) is 18.4 Å². The minimum atomic E-state index is -2.16. The summed E-state index contributed by atoms with van der Waals surface area (Å²) in [4.78, 5) is 0. The second-order valence-corrected chi connectivity index (χ2v) is 8.00. The summed E-state index contributed by atoms with van der Waals surface area (Å²) in [6, 6.07) is 10.5. The standard InChI is InChI=1S/C13H23NO2Si/c1-15-17(3,16-2)13(14)11-7-10-12-8-5-4-6-9-12/h4-6,8-9,13H,7,10-11,14H2,1-3H3. The monoisotopic (exact) mass is 253 g/mol. The Balaban J connectivity index is 2.36. The van der Waals surface area contributed by atoms with Crippen molar-refractivity contribution in [3.63, 3.8) is 0 Å². The van der Waals surface area contributed by atoms with E-state index < -0.39 is 8.56 Å². The molecular weight excluding hydrogens is 230 g/mol. The maximum absolute atomic E-state index is 6.15. The summed E-state index contributed by atoms with van der Waals surface area (Å²) in [5.41, 5.74) is 7.54. The molecule has 0 fully saturated rings. The summed E-state index contributed by atoms with van der Waals surface area (Å²) < 4.78 is 10.9. The number of hydrogen-bond acceptors (Lipinski definition) is 3. The Kier molecular flexibility index (Phi) is 5.84. The molecule has 4 heteroatoms. The molecule has 96 valence electrons. The fourth-order valence-electron chi connectivity index (χ4n) is 1.82. The van der Waals surface area contributed by atoms with Gasteiger partial charge >= 0.3 is 8.56 Å². The minimum Gasteiger partial charge on any atom is -0.397 e. The molecule has 0 aromatic heterocycles. The Morgan fingerprint density at radius 3 is 2.29 bits per heavy atom. The Labute approximate surface area is 105 Å². The van der Waals surface area contributed by atoms with Crippen molar-refractivity contribution < 1.29 is 8.85 Å². The van der Waals surface area contributed by atoms with Crippen molar-refractivity contribution in [3.05, 3.63) is 35.9 Å². The largest absolute Gasteiger partial charge is 0.397 e. The highest BCUT2D eigenvalue weighted by atomic mass is 28.4. The summed E-state index contributed by atoms with van der Waals surface area (Å²) >= 11 is 0. The van der Waals surface area contributed by atoms with E-state index in [1.54, 1.807) is 14.2 Å². The van der Waals surface area contributed by atoms with Crippen LogP contribution in [-0.2, 0) is 15.3 Å². The molecule has 0 saturated heterocycles. The van der Waals surface area contributed by atoms with Crippen LogP contribution in [0, 0.1) is 0 Å². The molecule has 0 heterocycles. The molecule has 1 aromatic carbocycles. The van der Waals surface area contributed by atoms with E-state index in [0.29, 0.717) is 0 Å². The lowest BCUT2D eigenvalue weighted by atomic mass is 10.1. The van der Waals surface area contributed by atoms with Crippen LogP contribution in [0.15, 0.2) is 30.3 Å². The highest BCUT2D eigenvalue weighted by Crippen LogP contribution is 2.14. The molecule has 3 nitrogen and oxygen atoms in total. The second kappa shape index (κ2) is 6.91. The highest BCUT2D eigenvalue weighted by Gasteiger charge is 2.36. The van der Waals surface area contributed by atoms with E-state index in [9.17, 15) is 0 Å². The number of rotatable bonds is 7. The summed E-state index contributed by atoms with van der Waals surface area (Å²) in [5.74, 6) is 0. The van der Waals surface area contributed by atoms with E-state index in [2.05, 4.69) is 24.3 Å². The summed E-state index contributed by atoms with van der Waals surface area (Å²) in [6.07, 6.45) is 3.08. The molecule has 0 saturated carbocycles. The zero-order valence-corrected chi connectivity index (χ0v) is 12.0. The van der Waals surface area contributed by atoms with Gasteiger partial charge in [-0.2, -0.15) is 0 Å².